The predicted molar refractivity (Wildman–Crippen MR) is 235 cm³/mol. The Bertz CT molecular complexity index is 2260. The molecule has 2 amide bonds. The van der Waals surface area contributed by atoms with Crippen LogP contribution in [0.25, 0.3) is 4.85 Å². The van der Waals surface area contributed by atoms with Crippen molar-refractivity contribution in [3.05, 3.63) is 170 Å². The third-order valence-electron chi connectivity index (χ3n) is 9.37. The van der Waals surface area contributed by atoms with Crippen LogP contribution in [0.2, 0.25) is 0 Å². The van der Waals surface area contributed by atoms with E-state index in [0.717, 1.165) is 26.7 Å². The van der Waals surface area contributed by atoms with Crippen molar-refractivity contribution in [3.8, 4) is 5.75 Å². The molecule has 6 rings (SSSR count). The Morgan fingerprint density at radius 3 is 1.55 bits per heavy atom. The van der Waals surface area contributed by atoms with Crippen LogP contribution >= 0.6 is 38.6 Å². The number of amides is 2. The van der Waals surface area contributed by atoms with Crippen LogP contribution in [0.4, 0.5) is 16.0 Å². The Morgan fingerprint density at radius 2 is 1.17 bits per heavy atom. The molecular weight excluding hydrogens is 880 g/mol. The number of methoxy groups -OCH3 is 1. The number of aromatic nitrogens is 2. The fraction of sp³-hybridized carbons (Fsp3) is 0.244. The van der Waals surface area contributed by atoms with Crippen molar-refractivity contribution in [1.82, 2.24) is 9.97 Å². The number of hydrogen-bond acceptors (Lipinski definition) is 8. The molecule has 58 heavy (non-hydrogen) atoms. The van der Waals surface area contributed by atoms with Gasteiger partial charge in [0.2, 0.25) is 17.5 Å². The van der Waals surface area contributed by atoms with Crippen molar-refractivity contribution in [2.45, 2.75) is 53.9 Å². The molecule has 13 heteroatoms. The monoisotopic (exact) mass is 924 g/mol. The van der Waals surface area contributed by atoms with Crippen molar-refractivity contribution in [2.75, 3.05) is 17.7 Å². The number of aryl methyl sites for hydroxylation is 1. The van der Waals surface area contributed by atoms with Crippen LogP contribution in [0.1, 0.15) is 74.8 Å². The summed E-state index contributed by atoms with van der Waals surface area (Å²) in [7, 11) is 1.55. The molecule has 0 bridgehead atoms. The van der Waals surface area contributed by atoms with Crippen LogP contribution in [0.3, 0.4) is 0 Å². The second-order valence-corrected chi connectivity index (χ2v) is 16.4. The van der Waals surface area contributed by atoms with Gasteiger partial charge < -0.3 is 27.2 Å². The summed E-state index contributed by atoms with van der Waals surface area (Å²) in [6.45, 7) is 22.1. The van der Waals surface area contributed by atoms with Crippen LogP contribution < -0.4 is 15.4 Å². The quantitative estimate of drug-likeness (QED) is 0.0986. The molecule has 0 aliphatic rings. The maximum atomic E-state index is 13.2. The first kappa shape index (κ1) is 49.0. The molecule has 2 N–H and O–H groups in total. The fourth-order valence-corrected chi connectivity index (χ4v) is 7.90. The molecular formula is C45H46BrCuN6O3S2. The van der Waals surface area contributed by atoms with Gasteiger partial charge >= 0.3 is 17.1 Å². The van der Waals surface area contributed by atoms with E-state index in [-0.39, 0.29) is 48.1 Å². The summed E-state index contributed by atoms with van der Waals surface area (Å²) in [4.78, 5) is 38.2. The normalized spacial score (nSPS) is 11.5. The number of rotatable bonds is 11. The van der Waals surface area contributed by atoms with E-state index in [4.69, 9.17) is 23.1 Å². The van der Waals surface area contributed by atoms with E-state index >= 15 is 0 Å². The SMILES string of the molecule is C.Cc1ccc([C@@H](c2ccccc2)C(C)(C)C(=O)Nc2nccs2)cc1Br.[C-]#N.[C-]#[N+]c1cc([C@@H](c2ccccc2)C(C)(C)C(=O)Nc2nccs2)ccc1OC.[Cu+]. The largest absolute Gasteiger partial charge is 1.00 e. The summed E-state index contributed by atoms with van der Waals surface area (Å²) >= 11 is 6.44. The van der Waals surface area contributed by atoms with Crippen molar-refractivity contribution >= 4 is 66.4 Å². The van der Waals surface area contributed by atoms with Gasteiger partial charge in [-0.15, -0.1) is 22.7 Å². The van der Waals surface area contributed by atoms with Crippen LogP contribution in [0, 0.1) is 36.2 Å². The van der Waals surface area contributed by atoms with E-state index in [9.17, 15) is 9.59 Å². The van der Waals surface area contributed by atoms with Gasteiger partial charge in [-0.05, 0) is 52.9 Å². The molecule has 2 aromatic heterocycles. The van der Waals surface area contributed by atoms with Crippen molar-refractivity contribution in [1.29, 1.82) is 5.26 Å². The number of carbonyl (C=O) groups excluding carboxylic acids is 2. The number of nitrogens with one attached hydrogen (secondary N) is 2. The first-order chi connectivity index (χ1) is 26.9. The van der Waals surface area contributed by atoms with E-state index in [0.29, 0.717) is 21.7 Å². The number of carbonyl (C=O) groups is 2. The summed E-state index contributed by atoms with van der Waals surface area (Å²) in [5.74, 6) is 0.0192. The van der Waals surface area contributed by atoms with Gasteiger partial charge in [-0.25, -0.2) is 14.8 Å². The summed E-state index contributed by atoms with van der Waals surface area (Å²) in [5.41, 5.74) is 4.25. The van der Waals surface area contributed by atoms with E-state index in [1.54, 1.807) is 25.6 Å². The van der Waals surface area contributed by atoms with Gasteiger partial charge in [0.05, 0.1) is 24.5 Å². The number of ether oxygens (including phenoxy) is 1. The summed E-state index contributed by atoms with van der Waals surface area (Å²) in [5, 5.41) is 17.0. The van der Waals surface area contributed by atoms with Crippen LogP contribution in [0.15, 0.2) is 125 Å². The van der Waals surface area contributed by atoms with E-state index < -0.39 is 10.8 Å². The Morgan fingerprint density at radius 1 is 0.741 bits per heavy atom. The maximum Gasteiger partial charge on any atom is 1.00 e. The van der Waals surface area contributed by atoms with Gasteiger partial charge in [-0.2, -0.15) is 0 Å². The van der Waals surface area contributed by atoms with Gasteiger partial charge in [0.1, 0.15) is 5.75 Å². The Hall–Kier alpha value is -5.14. The minimum Gasteiger partial charge on any atom is -0.512 e. The van der Waals surface area contributed by atoms with Crippen molar-refractivity contribution in [2.24, 2.45) is 10.8 Å². The first-order valence-electron chi connectivity index (χ1n) is 17.4. The second-order valence-electron chi connectivity index (χ2n) is 13.8. The number of benzene rings is 4. The number of hydrogen-bond donors (Lipinski definition) is 2. The van der Waals surface area contributed by atoms with E-state index in [1.165, 1.54) is 28.2 Å². The molecule has 9 nitrogen and oxygen atoms in total. The van der Waals surface area contributed by atoms with Gasteiger partial charge in [-0.3, -0.25) is 9.59 Å². The number of thiazole rings is 2. The third kappa shape index (κ3) is 12.0. The smallest absolute Gasteiger partial charge is 0.512 e. The van der Waals surface area contributed by atoms with Gasteiger partial charge in [0.15, 0.2) is 10.3 Å². The minimum absolute atomic E-state index is 0. The van der Waals surface area contributed by atoms with E-state index in [2.05, 4.69) is 78.6 Å². The average molecular weight is 926 g/mol. The topological polar surface area (TPSA) is 121 Å². The minimum atomic E-state index is -0.791. The zero-order chi connectivity index (χ0) is 40.9. The zero-order valence-corrected chi connectivity index (χ0v) is 36.4. The predicted octanol–water partition coefficient (Wildman–Crippen LogP) is 12.2. The van der Waals surface area contributed by atoms with Crippen molar-refractivity contribution in [3.63, 3.8) is 0 Å². The molecule has 4 aromatic carbocycles. The molecule has 304 valence electrons. The second kappa shape index (κ2) is 22.7. The number of nitrogens with zero attached hydrogens (tertiary/aromatic N) is 4. The van der Waals surface area contributed by atoms with Crippen LogP contribution in [0.5, 0.6) is 5.75 Å². The summed E-state index contributed by atoms with van der Waals surface area (Å²) in [6.07, 6.45) is 3.35. The molecule has 0 unspecified atom stereocenters. The van der Waals surface area contributed by atoms with Crippen LogP contribution in [-0.4, -0.2) is 28.9 Å². The van der Waals surface area contributed by atoms with E-state index in [1.807, 2.05) is 99.1 Å². The molecule has 0 radical (unpaired) electrons. The van der Waals surface area contributed by atoms with Crippen LogP contribution in [-0.2, 0) is 26.7 Å². The Labute approximate surface area is 369 Å². The number of halogens is 1. The Kier molecular flexibility index (Phi) is 19.2. The summed E-state index contributed by atoms with van der Waals surface area (Å²) in [6, 6.07) is 31.9. The van der Waals surface area contributed by atoms with Crippen molar-refractivity contribution < 1.29 is 31.4 Å². The standard InChI is InChI=1S/C22H21N3O2S.C21H21BrN2OS.CN.CH4.Cu/c1-22(2,20(26)25-21-24-12-13-28-21)19(15-8-6-5-7-9-15)16-10-11-18(27-4)17(14-16)23-3;1-14-9-10-16(13-17(14)22)18(15-7-5-4-6-8-15)21(2,3)19(25)24-20-23-11-12-26-20;1-2;;/h5-14,19H,1-2,4H3,(H,24,25,26);4-13,18H,1-3H3,(H,23,24,25);;1H4;/q;;-1;;+1/t19-;18-;;;/m11.../s1. The number of anilines is 2. The molecule has 0 aliphatic heterocycles. The van der Waals surface area contributed by atoms with Gasteiger partial charge in [-0.1, -0.05) is 130 Å². The average Bonchev–Trinajstić information content (AvgIpc) is 3.93. The zero-order valence-electron chi connectivity index (χ0n) is 32.2. The van der Waals surface area contributed by atoms with Gasteiger partial charge in [0, 0.05) is 39.5 Å². The molecule has 2 heterocycles. The molecule has 6 aromatic rings. The Balaban J connectivity index is 0.000000372. The fourth-order valence-electron chi connectivity index (χ4n) is 6.45. The summed E-state index contributed by atoms with van der Waals surface area (Å²) < 4.78 is 6.33. The molecule has 0 saturated heterocycles. The molecule has 0 spiro atoms. The molecule has 0 fully saturated rings. The third-order valence-corrected chi connectivity index (χ3v) is 11.6. The first-order valence-corrected chi connectivity index (χ1v) is 20.0. The maximum absolute atomic E-state index is 13.2. The van der Waals surface area contributed by atoms with Gasteiger partial charge in [0.25, 0.3) is 0 Å². The molecule has 2 atom stereocenters. The molecule has 0 saturated carbocycles. The molecule has 0 aliphatic carbocycles.